The highest BCUT2D eigenvalue weighted by Crippen LogP contribution is 2.46. The van der Waals surface area contributed by atoms with Crippen LogP contribution in [0.15, 0.2) is 43.2 Å². The molecule has 3 aromatic heterocycles. The zero-order valence-electron chi connectivity index (χ0n) is 21.5. The second kappa shape index (κ2) is 10.6. The lowest BCUT2D eigenvalue weighted by Crippen LogP contribution is -2.61. The van der Waals surface area contributed by atoms with Gasteiger partial charge in [0.05, 0.1) is 48.8 Å². The van der Waals surface area contributed by atoms with Gasteiger partial charge in [0.15, 0.2) is 11.6 Å². The first-order valence-corrected chi connectivity index (χ1v) is 12.9. The van der Waals surface area contributed by atoms with Crippen LogP contribution in [0.1, 0.15) is 50.3 Å². The molecule has 37 heavy (non-hydrogen) atoms. The van der Waals surface area contributed by atoms with Crippen LogP contribution in [0.25, 0.3) is 11.0 Å². The number of nitrogens with zero attached hydrogens (tertiary/aromatic N) is 3. The molecule has 0 radical (unpaired) electrons. The lowest BCUT2D eigenvalue weighted by atomic mass is 9.69. The summed E-state index contributed by atoms with van der Waals surface area (Å²) in [5.74, 6) is 1.50. The van der Waals surface area contributed by atoms with Crippen molar-refractivity contribution in [3.8, 4) is 11.6 Å². The molecular weight excluding hydrogens is 473 g/mol. The first-order chi connectivity index (χ1) is 18.0. The fourth-order valence-corrected chi connectivity index (χ4v) is 5.43. The molecule has 5 heterocycles. The highest BCUT2D eigenvalue weighted by atomic mass is 19.1. The van der Waals surface area contributed by atoms with E-state index in [1.807, 2.05) is 25.1 Å². The van der Waals surface area contributed by atoms with Crippen LogP contribution >= 0.6 is 0 Å². The summed E-state index contributed by atoms with van der Waals surface area (Å²) in [4.78, 5) is 13.4. The number of nitrogens with one attached hydrogen (secondary N) is 2. The first-order valence-electron chi connectivity index (χ1n) is 12.9. The number of pyridine rings is 3. The molecule has 0 atom stereocenters. The van der Waals surface area contributed by atoms with Crippen molar-refractivity contribution in [2.45, 2.75) is 63.1 Å². The first kappa shape index (κ1) is 25.4. The van der Waals surface area contributed by atoms with Gasteiger partial charge < -0.3 is 24.8 Å². The molecule has 2 N–H and O–H groups in total. The lowest BCUT2D eigenvalue weighted by molar-refractivity contribution is -0.165. The quantitative estimate of drug-likeness (QED) is 0.378. The van der Waals surface area contributed by atoms with Crippen molar-refractivity contribution in [3.63, 3.8) is 0 Å². The minimum absolute atomic E-state index is 0.0718. The maximum atomic E-state index is 14.8. The van der Waals surface area contributed by atoms with Crippen molar-refractivity contribution in [1.82, 2.24) is 20.3 Å². The maximum absolute atomic E-state index is 14.8. The number of fused-ring (bicyclic) bond motifs is 4. The van der Waals surface area contributed by atoms with Crippen molar-refractivity contribution < 1.29 is 18.6 Å². The van der Waals surface area contributed by atoms with E-state index in [1.165, 1.54) is 6.20 Å². The molecule has 0 spiro atoms. The summed E-state index contributed by atoms with van der Waals surface area (Å²) in [5, 5.41) is 6.78. The zero-order valence-corrected chi connectivity index (χ0v) is 21.5. The van der Waals surface area contributed by atoms with E-state index in [0.29, 0.717) is 60.2 Å². The number of rotatable bonds is 11. The Labute approximate surface area is 216 Å². The average molecular weight is 508 g/mol. The fraction of sp³-hybridized carbons (Fsp3) is 0.464. The summed E-state index contributed by atoms with van der Waals surface area (Å²) in [7, 11) is 1.56. The van der Waals surface area contributed by atoms with E-state index in [0.717, 1.165) is 37.8 Å². The summed E-state index contributed by atoms with van der Waals surface area (Å²) in [5.41, 5.74) is 2.42. The largest absolute Gasteiger partial charge is 0.490 e. The van der Waals surface area contributed by atoms with Crippen LogP contribution in [0.3, 0.4) is 0 Å². The molecule has 8 nitrogen and oxygen atoms in total. The Morgan fingerprint density at radius 2 is 2.00 bits per heavy atom. The van der Waals surface area contributed by atoms with Gasteiger partial charge in [-0.25, -0.2) is 14.4 Å². The highest BCUT2D eigenvalue weighted by molar-refractivity contribution is 5.78. The smallest absolute Gasteiger partial charge is 0.213 e. The van der Waals surface area contributed by atoms with Crippen LogP contribution in [-0.4, -0.2) is 46.4 Å². The van der Waals surface area contributed by atoms with E-state index < -0.39 is 0 Å². The average Bonchev–Trinajstić information content (AvgIpc) is 2.93. The van der Waals surface area contributed by atoms with Crippen molar-refractivity contribution in [3.05, 3.63) is 60.3 Å². The van der Waals surface area contributed by atoms with Crippen LogP contribution in [-0.2, 0) is 17.7 Å². The van der Waals surface area contributed by atoms with Gasteiger partial charge in [0.1, 0.15) is 5.82 Å². The van der Waals surface area contributed by atoms with Crippen LogP contribution < -0.4 is 20.1 Å². The number of aryl methyl sites for hydroxylation is 1. The lowest BCUT2D eigenvalue weighted by Gasteiger charge is -2.53. The zero-order chi connectivity index (χ0) is 25.9. The van der Waals surface area contributed by atoms with Gasteiger partial charge in [-0.15, -0.1) is 0 Å². The second-order valence-corrected chi connectivity index (χ2v) is 9.84. The third-order valence-electron chi connectivity index (χ3n) is 7.65. The number of halogens is 1. The molecule has 9 heteroatoms. The van der Waals surface area contributed by atoms with Crippen LogP contribution in [0.4, 0.5) is 10.2 Å². The number of ether oxygens (including phenoxy) is 3. The molecule has 2 aliphatic heterocycles. The van der Waals surface area contributed by atoms with E-state index in [4.69, 9.17) is 19.2 Å². The molecule has 1 saturated carbocycles. The van der Waals surface area contributed by atoms with Gasteiger partial charge in [-0.3, -0.25) is 4.98 Å². The molecule has 6 rings (SSSR count). The number of anilines is 1. The van der Waals surface area contributed by atoms with Gasteiger partial charge in [-0.05, 0) is 69.8 Å². The molecule has 2 saturated heterocycles. The molecular formula is C28H34FN5O3. The van der Waals surface area contributed by atoms with Gasteiger partial charge in [-0.2, -0.15) is 0 Å². The Bertz CT molecular complexity index is 1260. The number of hydrogen-bond acceptors (Lipinski definition) is 8. The van der Waals surface area contributed by atoms with Gasteiger partial charge in [0.2, 0.25) is 5.88 Å². The molecule has 2 bridgehead atoms. The third-order valence-corrected chi connectivity index (χ3v) is 7.65. The summed E-state index contributed by atoms with van der Waals surface area (Å²) in [6.07, 6.45) is 8.05. The maximum Gasteiger partial charge on any atom is 0.213 e. The highest BCUT2D eigenvalue weighted by Gasteiger charge is 2.49. The van der Waals surface area contributed by atoms with Crippen LogP contribution in [0, 0.1) is 5.82 Å². The molecule has 3 fully saturated rings. The van der Waals surface area contributed by atoms with Crippen molar-refractivity contribution in [2.24, 2.45) is 0 Å². The Balaban J connectivity index is 1.22. The Morgan fingerprint density at radius 1 is 1.16 bits per heavy atom. The molecule has 1 aliphatic carbocycles. The Hall–Kier alpha value is -3.30. The standard InChI is InChI=1S/C28H34FN5O3/c1-4-30-26-23(36-5-2)8-6-19(33-26)16-32-27-12-14-28(15-13-27,37-18-27)11-10-20-21(29)17-31-22-7-9-24(35-3)34-25(20)22/h4,6-9,17,32H,1,5,10-16,18H2,2-3H3,(H,30,33). The SMILES string of the molecule is C=CNc1nc(CNC23CCC(CCc4c(F)cnc5ccc(OC)nc45)(CC2)OC3)ccc1OCC. The van der Waals surface area contributed by atoms with Crippen molar-refractivity contribution in [2.75, 3.05) is 25.6 Å². The molecule has 3 aliphatic rings. The number of hydrogen-bond donors (Lipinski definition) is 2. The molecule has 0 aromatic carbocycles. The van der Waals surface area contributed by atoms with Gasteiger partial charge in [0.25, 0.3) is 0 Å². The summed E-state index contributed by atoms with van der Waals surface area (Å²) >= 11 is 0. The molecule has 196 valence electrons. The van der Waals surface area contributed by atoms with E-state index in [2.05, 4.69) is 27.2 Å². The summed E-state index contributed by atoms with van der Waals surface area (Å²) in [6, 6.07) is 7.48. The van der Waals surface area contributed by atoms with Crippen LogP contribution in [0.5, 0.6) is 11.6 Å². The number of aromatic nitrogens is 3. The minimum Gasteiger partial charge on any atom is -0.490 e. The minimum atomic E-state index is -0.333. The number of methoxy groups -OCH3 is 1. The topological polar surface area (TPSA) is 90.4 Å². The Morgan fingerprint density at radius 3 is 2.70 bits per heavy atom. The predicted octanol–water partition coefficient (Wildman–Crippen LogP) is 4.93. The summed E-state index contributed by atoms with van der Waals surface area (Å²) < 4.78 is 32.2. The molecule has 3 aromatic rings. The van der Waals surface area contributed by atoms with E-state index in [-0.39, 0.29) is 17.0 Å². The second-order valence-electron chi connectivity index (χ2n) is 9.84. The fourth-order valence-electron chi connectivity index (χ4n) is 5.43. The predicted molar refractivity (Wildman–Crippen MR) is 140 cm³/mol. The summed E-state index contributed by atoms with van der Waals surface area (Å²) in [6.45, 7) is 7.52. The van der Waals surface area contributed by atoms with E-state index >= 15 is 0 Å². The molecule has 0 unspecified atom stereocenters. The monoisotopic (exact) mass is 507 g/mol. The van der Waals surface area contributed by atoms with Gasteiger partial charge >= 0.3 is 0 Å². The van der Waals surface area contributed by atoms with E-state index in [1.54, 1.807) is 19.4 Å². The normalized spacial score (nSPS) is 22.7. The van der Waals surface area contributed by atoms with Gasteiger partial charge in [0, 0.05) is 23.7 Å². The van der Waals surface area contributed by atoms with E-state index in [9.17, 15) is 4.39 Å². The molecule has 0 amide bonds. The van der Waals surface area contributed by atoms with Gasteiger partial charge in [-0.1, -0.05) is 6.58 Å². The van der Waals surface area contributed by atoms with Crippen molar-refractivity contribution >= 4 is 16.9 Å². The third kappa shape index (κ3) is 5.24. The van der Waals surface area contributed by atoms with Crippen LogP contribution in [0.2, 0.25) is 0 Å². The van der Waals surface area contributed by atoms with Crippen molar-refractivity contribution in [1.29, 1.82) is 0 Å². The Kier molecular flexibility index (Phi) is 7.26.